The summed E-state index contributed by atoms with van der Waals surface area (Å²) in [6.07, 6.45) is 17.8. The molecule has 0 fully saturated rings. The topological polar surface area (TPSA) is 0 Å². The molecule has 0 heterocycles. The minimum Gasteiger partial charge on any atom is 0 e. The van der Waals surface area contributed by atoms with E-state index in [1.54, 1.807) is 21.7 Å². The van der Waals surface area contributed by atoms with Crippen LogP contribution in [0.3, 0.4) is 0 Å². The molecule has 0 saturated carbocycles. The zero-order valence-corrected chi connectivity index (χ0v) is 18.6. The van der Waals surface area contributed by atoms with Gasteiger partial charge in [0.25, 0.3) is 0 Å². The van der Waals surface area contributed by atoms with Gasteiger partial charge >= 0.3 is 121 Å². The maximum atomic E-state index is 2.30. The van der Waals surface area contributed by atoms with Crippen LogP contribution in [0.4, 0.5) is 0 Å². The molecule has 0 rings (SSSR count). The molecule has 106 valence electrons. The smallest absolute Gasteiger partial charge is 0 e. The molecule has 18 heavy (non-hydrogen) atoms. The van der Waals surface area contributed by atoms with Gasteiger partial charge in [-0.25, -0.2) is 0 Å². The maximum absolute atomic E-state index is 2.30. The predicted molar refractivity (Wildman–Crippen MR) is 87.9 cm³/mol. The summed E-state index contributed by atoms with van der Waals surface area (Å²) >= 11 is 0.0736. The van der Waals surface area contributed by atoms with Crippen molar-refractivity contribution in [1.29, 1.82) is 0 Å². The third-order valence-electron chi connectivity index (χ3n) is 3.41. The third kappa shape index (κ3) is 19.9. The fourth-order valence-corrected chi connectivity index (χ4v) is 5.75. The van der Waals surface area contributed by atoms with Crippen molar-refractivity contribution in [2.24, 2.45) is 0 Å². The van der Waals surface area contributed by atoms with Crippen LogP contribution in [-0.2, 0) is 0 Å². The molecule has 0 nitrogen and oxygen atoms in total. The predicted octanol–water partition coefficient (Wildman–Crippen LogP) is 5.87. The average molecular weight is 464 g/mol. The van der Waals surface area contributed by atoms with Gasteiger partial charge in [-0.3, -0.25) is 0 Å². The summed E-state index contributed by atoms with van der Waals surface area (Å²) in [5.41, 5.74) is 0. The Morgan fingerprint density at radius 3 is 1.22 bits per heavy atom. The molecule has 0 aromatic heterocycles. The van der Waals surface area contributed by atoms with Crippen LogP contribution in [0, 0.1) is 0 Å². The monoisotopic (exact) mass is 466 g/mol. The van der Waals surface area contributed by atoms with Crippen LogP contribution in [0.15, 0.2) is 0 Å². The molecule has 0 saturated heterocycles. The third-order valence-corrected chi connectivity index (χ3v) is 7.45. The molecule has 0 aliphatic heterocycles. The zero-order chi connectivity index (χ0) is 12.6. The molecule has 0 atom stereocenters. The largest absolute Gasteiger partial charge is 0 e. The molecule has 0 aromatic rings. The van der Waals surface area contributed by atoms with E-state index in [4.69, 9.17) is 0 Å². The number of rotatable bonds is 14. The van der Waals surface area contributed by atoms with Gasteiger partial charge in [-0.05, 0) is 0 Å². The molecule has 0 bridgehead atoms. The van der Waals surface area contributed by atoms with Gasteiger partial charge in [-0.15, -0.1) is 0 Å². The fraction of sp³-hybridized carbons (Fsp3) is 1.00. The van der Waals surface area contributed by atoms with E-state index in [9.17, 15) is 0 Å². The molecule has 0 unspecified atom stereocenters. The zero-order valence-electron chi connectivity index (χ0n) is 12.9. The van der Waals surface area contributed by atoms with Crippen LogP contribution < -0.4 is 0 Å². The van der Waals surface area contributed by atoms with Crippen molar-refractivity contribution in [2.45, 2.75) is 99.8 Å². The van der Waals surface area contributed by atoms with Crippen LogP contribution in [0.5, 0.6) is 0 Å². The van der Waals surface area contributed by atoms with E-state index in [1.807, 2.05) is 0 Å². The summed E-state index contributed by atoms with van der Waals surface area (Å²) in [4.78, 5) is 0. The summed E-state index contributed by atoms with van der Waals surface area (Å²) in [5.74, 6) is 0. The molecule has 0 aliphatic carbocycles. The van der Waals surface area contributed by atoms with Gasteiger partial charge < -0.3 is 0 Å². The molecular weight excluding hydrogens is 430 g/mol. The van der Waals surface area contributed by atoms with Crippen molar-refractivity contribution in [2.75, 3.05) is 0 Å². The van der Waals surface area contributed by atoms with Gasteiger partial charge in [0.2, 0.25) is 0 Å². The van der Waals surface area contributed by atoms with Gasteiger partial charge in [-0.2, -0.15) is 0 Å². The van der Waals surface area contributed by atoms with Crippen LogP contribution >= 0.6 is 0 Å². The van der Waals surface area contributed by atoms with Crippen LogP contribution in [0.2, 0.25) is 8.87 Å². The number of unbranched alkanes of at least 4 members (excludes halogenated alkanes) is 10. The van der Waals surface area contributed by atoms with Gasteiger partial charge in [-0.1, -0.05) is 0 Å². The molecule has 2 heteroatoms. The van der Waals surface area contributed by atoms with E-state index in [0.717, 1.165) is 0 Å². The van der Waals surface area contributed by atoms with Crippen molar-refractivity contribution in [1.82, 2.24) is 0 Å². The summed E-state index contributed by atoms with van der Waals surface area (Å²) in [6, 6.07) is 0. The Hall–Kier alpha value is 1.60. The Morgan fingerprint density at radius 1 is 0.500 bits per heavy atom. The minimum atomic E-state index is 0. The van der Waals surface area contributed by atoms with Crippen molar-refractivity contribution in [3.05, 3.63) is 0 Å². The molecular formula is C16H34Sn2. The second-order valence-corrected chi connectivity index (χ2v) is 9.57. The molecule has 0 amide bonds. The van der Waals surface area contributed by atoms with E-state index in [1.165, 1.54) is 64.2 Å². The SMILES string of the molecule is CCCCCCC[CH2][Sn][CH2]CCCCCCC.[Sn]. The van der Waals surface area contributed by atoms with Crippen LogP contribution in [-0.4, -0.2) is 45.0 Å². The quantitative estimate of drug-likeness (QED) is 0.223. The molecule has 0 aromatic carbocycles. The normalized spacial score (nSPS) is 10.3. The van der Waals surface area contributed by atoms with E-state index in [0.29, 0.717) is 0 Å². The summed E-state index contributed by atoms with van der Waals surface area (Å²) < 4.78 is 3.31. The molecule has 0 aliphatic rings. The van der Waals surface area contributed by atoms with Crippen molar-refractivity contribution in [3.8, 4) is 0 Å². The van der Waals surface area contributed by atoms with Crippen molar-refractivity contribution >= 4 is 45.0 Å². The first-order valence-electron chi connectivity index (χ1n) is 8.12. The second-order valence-electron chi connectivity index (χ2n) is 5.29. The standard InChI is InChI=1S/2C8H17.2Sn/c2*1-3-5-7-8-6-4-2;;/h2*1,3-8H2,2H3;;. The summed E-state index contributed by atoms with van der Waals surface area (Å²) in [5, 5.41) is 0. The fourth-order valence-electron chi connectivity index (χ4n) is 2.19. The van der Waals surface area contributed by atoms with E-state index < -0.39 is 0 Å². The minimum absolute atomic E-state index is 0. The first-order chi connectivity index (χ1) is 8.41. The Kier molecular flexibility index (Phi) is 25.4. The van der Waals surface area contributed by atoms with Crippen molar-refractivity contribution in [3.63, 3.8) is 0 Å². The first-order valence-corrected chi connectivity index (χ1v) is 12.2. The second kappa shape index (κ2) is 20.9. The molecule has 6 radical (unpaired) electrons. The first kappa shape index (κ1) is 21.9. The van der Waals surface area contributed by atoms with Gasteiger partial charge in [0.1, 0.15) is 0 Å². The Bertz CT molecular complexity index is 112. The van der Waals surface area contributed by atoms with E-state index >= 15 is 0 Å². The Morgan fingerprint density at radius 2 is 0.833 bits per heavy atom. The van der Waals surface area contributed by atoms with Gasteiger partial charge in [0.05, 0.1) is 0 Å². The van der Waals surface area contributed by atoms with Crippen LogP contribution in [0.25, 0.3) is 0 Å². The van der Waals surface area contributed by atoms with E-state index in [-0.39, 0.29) is 45.0 Å². The number of hydrogen-bond donors (Lipinski definition) is 0. The molecule has 0 spiro atoms. The van der Waals surface area contributed by atoms with Gasteiger partial charge in [0, 0.05) is 23.9 Å². The van der Waals surface area contributed by atoms with Gasteiger partial charge in [0.15, 0.2) is 0 Å². The Balaban J connectivity index is 0. The summed E-state index contributed by atoms with van der Waals surface area (Å²) in [6.45, 7) is 4.60. The average Bonchev–Trinajstić information content (AvgIpc) is 2.35. The maximum Gasteiger partial charge on any atom is 0 e. The molecule has 0 N–H and O–H groups in total. The van der Waals surface area contributed by atoms with E-state index in [2.05, 4.69) is 13.8 Å². The summed E-state index contributed by atoms with van der Waals surface area (Å²) in [7, 11) is 0. The van der Waals surface area contributed by atoms with Crippen LogP contribution in [0.1, 0.15) is 90.9 Å². The van der Waals surface area contributed by atoms with Crippen molar-refractivity contribution < 1.29 is 0 Å². The Labute approximate surface area is 144 Å². The number of hydrogen-bond acceptors (Lipinski definition) is 0.